The van der Waals surface area contributed by atoms with Crippen LogP contribution in [0.2, 0.25) is 0 Å². The van der Waals surface area contributed by atoms with Gasteiger partial charge in [-0.1, -0.05) is 37.3 Å². The molecule has 0 atom stereocenters. The van der Waals surface area contributed by atoms with Gasteiger partial charge in [0.05, 0.1) is 5.60 Å². The summed E-state index contributed by atoms with van der Waals surface area (Å²) in [5.74, 6) is 0.777. The van der Waals surface area contributed by atoms with E-state index in [0.717, 1.165) is 37.2 Å². The van der Waals surface area contributed by atoms with Crippen molar-refractivity contribution in [2.24, 2.45) is 5.92 Å². The van der Waals surface area contributed by atoms with Gasteiger partial charge >= 0.3 is 0 Å². The normalized spacial score (nSPS) is 32.9. The fraction of sp³-hybridized carbons (Fsp3) is 0.538. The van der Waals surface area contributed by atoms with Crippen molar-refractivity contribution in [2.45, 2.75) is 38.2 Å². The van der Waals surface area contributed by atoms with Gasteiger partial charge in [0.15, 0.2) is 0 Å². The predicted octanol–water partition coefficient (Wildman–Crippen LogP) is 3.08. The average Bonchev–Trinajstić information content (AvgIpc) is 2.24. The molecule has 14 heavy (non-hydrogen) atoms. The lowest BCUT2D eigenvalue weighted by Gasteiger charge is -2.35. The Morgan fingerprint density at radius 2 is 1.71 bits per heavy atom. The SMILES string of the molecule is CC1CCC(O)(c2ccccc2)CC1. The quantitative estimate of drug-likeness (QED) is 0.721. The molecule has 0 bridgehead atoms. The zero-order valence-corrected chi connectivity index (χ0v) is 8.74. The highest BCUT2D eigenvalue weighted by atomic mass is 16.3. The Balaban J connectivity index is 2.17. The fourth-order valence-corrected chi connectivity index (χ4v) is 2.28. The molecule has 1 fully saturated rings. The predicted molar refractivity (Wildman–Crippen MR) is 58.0 cm³/mol. The lowest BCUT2D eigenvalue weighted by atomic mass is 9.76. The lowest BCUT2D eigenvalue weighted by molar-refractivity contribution is -0.0120. The van der Waals surface area contributed by atoms with Crippen LogP contribution < -0.4 is 0 Å². The van der Waals surface area contributed by atoms with Gasteiger partial charge in [-0.05, 0) is 37.2 Å². The van der Waals surface area contributed by atoms with E-state index in [-0.39, 0.29) is 0 Å². The minimum Gasteiger partial charge on any atom is -0.385 e. The summed E-state index contributed by atoms with van der Waals surface area (Å²) in [6, 6.07) is 10.1. The minimum atomic E-state index is -0.548. The van der Waals surface area contributed by atoms with Crippen molar-refractivity contribution < 1.29 is 5.11 Å². The topological polar surface area (TPSA) is 20.2 Å². The maximum absolute atomic E-state index is 10.5. The molecule has 1 nitrogen and oxygen atoms in total. The van der Waals surface area contributed by atoms with Gasteiger partial charge in [0.25, 0.3) is 0 Å². The molecule has 1 N–H and O–H groups in total. The van der Waals surface area contributed by atoms with Crippen LogP contribution in [0.1, 0.15) is 38.2 Å². The molecule has 0 aliphatic heterocycles. The number of rotatable bonds is 1. The second-order valence-corrected chi connectivity index (χ2v) is 4.58. The highest BCUT2D eigenvalue weighted by Gasteiger charge is 2.32. The molecule has 1 heteroatoms. The van der Waals surface area contributed by atoms with E-state index in [1.54, 1.807) is 0 Å². The summed E-state index contributed by atoms with van der Waals surface area (Å²) < 4.78 is 0. The van der Waals surface area contributed by atoms with E-state index in [9.17, 15) is 5.11 Å². The van der Waals surface area contributed by atoms with Gasteiger partial charge in [-0.2, -0.15) is 0 Å². The highest BCUT2D eigenvalue weighted by Crippen LogP contribution is 2.38. The van der Waals surface area contributed by atoms with E-state index in [4.69, 9.17) is 0 Å². The molecule has 1 saturated carbocycles. The summed E-state index contributed by atoms with van der Waals surface area (Å²) >= 11 is 0. The van der Waals surface area contributed by atoms with E-state index in [1.807, 2.05) is 30.3 Å². The Morgan fingerprint density at radius 1 is 1.14 bits per heavy atom. The summed E-state index contributed by atoms with van der Waals surface area (Å²) in [6.07, 6.45) is 4.12. The largest absolute Gasteiger partial charge is 0.385 e. The average molecular weight is 190 g/mol. The number of hydrogen-bond acceptors (Lipinski definition) is 1. The molecule has 0 heterocycles. The van der Waals surface area contributed by atoms with E-state index < -0.39 is 5.60 Å². The molecular formula is C13H18O. The molecule has 0 aromatic heterocycles. The van der Waals surface area contributed by atoms with Gasteiger partial charge in [-0.15, -0.1) is 0 Å². The maximum Gasteiger partial charge on any atom is 0.0896 e. The van der Waals surface area contributed by atoms with Crippen LogP contribution in [0.25, 0.3) is 0 Å². The highest BCUT2D eigenvalue weighted by molar-refractivity contribution is 5.22. The first-order chi connectivity index (χ1) is 6.71. The van der Waals surface area contributed by atoms with Crippen molar-refractivity contribution in [3.05, 3.63) is 35.9 Å². The van der Waals surface area contributed by atoms with Crippen LogP contribution in [0.5, 0.6) is 0 Å². The third-order valence-corrected chi connectivity index (χ3v) is 3.41. The summed E-state index contributed by atoms with van der Waals surface area (Å²) in [7, 11) is 0. The Hall–Kier alpha value is -0.820. The zero-order valence-electron chi connectivity index (χ0n) is 8.74. The fourth-order valence-electron chi connectivity index (χ4n) is 2.28. The van der Waals surface area contributed by atoms with E-state index in [1.165, 1.54) is 0 Å². The molecule has 0 spiro atoms. The van der Waals surface area contributed by atoms with Gasteiger partial charge in [0.1, 0.15) is 0 Å². The smallest absolute Gasteiger partial charge is 0.0896 e. The molecule has 0 saturated heterocycles. The molecular weight excluding hydrogens is 172 g/mol. The first-order valence-corrected chi connectivity index (χ1v) is 5.49. The number of benzene rings is 1. The van der Waals surface area contributed by atoms with Crippen LogP contribution in [-0.4, -0.2) is 5.11 Å². The van der Waals surface area contributed by atoms with Crippen molar-refractivity contribution in [2.75, 3.05) is 0 Å². The first-order valence-electron chi connectivity index (χ1n) is 5.49. The Bertz CT molecular complexity index is 283. The van der Waals surface area contributed by atoms with Crippen LogP contribution in [0.15, 0.2) is 30.3 Å². The Morgan fingerprint density at radius 3 is 2.29 bits per heavy atom. The first kappa shape index (κ1) is 9.72. The van der Waals surface area contributed by atoms with Crippen molar-refractivity contribution in [3.63, 3.8) is 0 Å². The Labute approximate surface area is 85.8 Å². The van der Waals surface area contributed by atoms with Crippen molar-refractivity contribution in [1.29, 1.82) is 0 Å². The lowest BCUT2D eigenvalue weighted by Crippen LogP contribution is -2.30. The third kappa shape index (κ3) is 1.83. The number of aliphatic hydroxyl groups is 1. The molecule has 0 amide bonds. The summed E-state index contributed by atoms with van der Waals surface area (Å²) in [4.78, 5) is 0. The zero-order chi connectivity index (χ0) is 10.0. The monoisotopic (exact) mass is 190 g/mol. The van der Waals surface area contributed by atoms with Crippen molar-refractivity contribution in [3.8, 4) is 0 Å². The van der Waals surface area contributed by atoms with Crippen molar-refractivity contribution >= 4 is 0 Å². The molecule has 0 unspecified atom stereocenters. The van der Waals surface area contributed by atoms with Gasteiger partial charge < -0.3 is 5.11 Å². The van der Waals surface area contributed by atoms with Crippen LogP contribution in [0, 0.1) is 5.92 Å². The van der Waals surface area contributed by atoms with E-state index in [0.29, 0.717) is 0 Å². The van der Waals surface area contributed by atoms with Crippen LogP contribution in [0.4, 0.5) is 0 Å². The second kappa shape index (κ2) is 3.74. The minimum absolute atomic E-state index is 0.548. The van der Waals surface area contributed by atoms with E-state index in [2.05, 4.69) is 6.92 Å². The van der Waals surface area contributed by atoms with Gasteiger partial charge in [-0.25, -0.2) is 0 Å². The van der Waals surface area contributed by atoms with Crippen molar-refractivity contribution in [1.82, 2.24) is 0 Å². The Kier molecular flexibility index (Phi) is 2.60. The second-order valence-electron chi connectivity index (χ2n) is 4.58. The molecule has 1 aliphatic carbocycles. The van der Waals surface area contributed by atoms with Gasteiger partial charge in [-0.3, -0.25) is 0 Å². The van der Waals surface area contributed by atoms with Crippen LogP contribution >= 0.6 is 0 Å². The molecule has 76 valence electrons. The van der Waals surface area contributed by atoms with Gasteiger partial charge in [0, 0.05) is 0 Å². The number of hydrogen-bond donors (Lipinski definition) is 1. The summed E-state index contributed by atoms with van der Waals surface area (Å²) in [5.41, 5.74) is 0.542. The van der Waals surface area contributed by atoms with E-state index >= 15 is 0 Å². The molecule has 0 radical (unpaired) electrons. The molecule has 1 aromatic rings. The molecule has 1 aliphatic rings. The van der Waals surface area contributed by atoms with Crippen LogP contribution in [0.3, 0.4) is 0 Å². The maximum atomic E-state index is 10.5. The molecule has 2 rings (SSSR count). The standard InChI is InChI=1S/C13H18O/c1-11-7-9-13(14,10-8-11)12-5-3-2-4-6-12/h2-6,11,14H,7-10H2,1H3. The molecule has 1 aromatic carbocycles. The summed E-state index contributed by atoms with van der Waals surface area (Å²) in [5, 5.41) is 10.5. The summed E-state index contributed by atoms with van der Waals surface area (Å²) in [6.45, 7) is 2.27. The third-order valence-electron chi connectivity index (χ3n) is 3.41. The van der Waals surface area contributed by atoms with Crippen LogP contribution in [-0.2, 0) is 5.60 Å². The van der Waals surface area contributed by atoms with Gasteiger partial charge in [0.2, 0.25) is 0 Å².